The molecule has 0 bridgehead atoms. The van der Waals surface area contributed by atoms with Crippen LogP contribution in [0.15, 0.2) is 18.2 Å². The Morgan fingerprint density at radius 2 is 2.04 bits per heavy atom. The van der Waals surface area contributed by atoms with Crippen LogP contribution in [0.2, 0.25) is 0 Å². The summed E-state index contributed by atoms with van der Waals surface area (Å²) in [6, 6.07) is 4.68. The fraction of sp³-hybridized carbons (Fsp3) is 0.556. The maximum Gasteiger partial charge on any atom is 0.257 e. The molecule has 0 aromatic heterocycles. The number of carbonyl (C=O) groups excluding carboxylic acids is 2. The molecule has 2 aliphatic heterocycles. The molecule has 122 valence electrons. The predicted molar refractivity (Wildman–Crippen MR) is 83.3 cm³/mol. The molecule has 2 heterocycles. The van der Waals surface area contributed by atoms with Crippen LogP contribution < -0.4 is 0 Å². The molecule has 5 heteroatoms. The van der Waals surface area contributed by atoms with Crippen molar-refractivity contribution in [3.63, 3.8) is 0 Å². The van der Waals surface area contributed by atoms with Crippen LogP contribution in [-0.4, -0.2) is 47.8 Å². The molecular formula is C18H21FN2O2. The van der Waals surface area contributed by atoms with E-state index in [2.05, 4.69) is 0 Å². The van der Waals surface area contributed by atoms with E-state index in [1.54, 1.807) is 24.0 Å². The summed E-state index contributed by atoms with van der Waals surface area (Å²) in [7, 11) is 0. The second-order valence-electron chi connectivity index (χ2n) is 7.20. The van der Waals surface area contributed by atoms with E-state index in [9.17, 15) is 14.0 Å². The zero-order chi connectivity index (χ0) is 16.1. The third-order valence-electron chi connectivity index (χ3n) is 5.42. The summed E-state index contributed by atoms with van der Waals surface area (Å²) in [5.74, 6) is 0.228. The van der Waals surface area contributed by atoms with Gasteiger partial charge in [-0.2, -0.15) is 0 Å². The van der Waals surface area contributed by atoms with Gasteiger partial charge < -0.3 is 9.80 Å². The Balaban J connectivity index is 1.47. The first-order valence-electron chi connectivity index (χ1n) is 8.37. The van der Waals surface area contributed by atoms with E-state index >= 15 is 0 Å². The number of benzene rings is 1. The van der Waals surface area contributed by atoms with E-state index in [0.29, 0.717) is 24.6 Å². The SMILES string of the molecule is Cc1cccc(F)c1C(=O)N1C[C@H]2CN(CC3CC3)C(=O)[C@H]2C1. The molecule has 1 aliphatic carbocycles. The third kappa shape index (κ3) is 2.52. The highest BCUT2D eigenvalue weighted by Crippen LogP contribution is 2.37. The molecule has 2 atom stereocenters. The molecule has 2 amide bonds. The van der Waals surface area contributed by atoms with Crippen molar-refractivity contribution >= 4 is 11.8 Å². The van der Waals surface area contributed by atoms with Gasteiger partial charge in [0.05, 0.1) is 11.5 Å². The van der Waals surface area contributed by atoms with Crippen LogP contribution in [-0.2, 0) is 4.79 Å². The molecule has 0 spiro atoms. The van der Waals surface area contributed by atoms with Gasteiger partial charge in [-0.3, -0.25) is 9.59 Å². The van der Waals surface area contributed by atoms with Gasteiger partial charge in [0.15, 0.2) is 0 Å². The standard InChI is InChI=1S/C18H21FN2O2/c1-11-3-2-4-15(19)16(11)18(23)21-9-13-8-20(7-12-5-6-12)17(22)14(13)10-21/h2-4,12-14H,5-10H2,1H3/t13-,14+/m1/s1. The first-order valence-corrected chi connectivity index (χ1v) is 8.37. The summed E-state index contributed by atoms with van der Waals surface area (Å²) < 4.78 is 14.0. The molecule has 3 fully saturated rings. The van der Waals surface area contributed by atoms with Gasteiger partial charge in [0.1, 0.15) is 5.82 Å². The van der Waals surface area contributed by atoms with E-state index in [4.69, 9.17) is 0 Å². The second-order valence-corrected chi connectivity index (χ2v) is 7.20. The first-order chi connectivity index (χ1) is 11.0. The molecule has 3 aliphatic rings. The van der Waals surface area contributed by atoms with Gasteiger partial charge in [-0.25, -0.2) is 4.39 Å². The largest absolute Gasteiger partial charge is 0.342 e. The number of likely N-dealkylation sites (tertiary alicyclic amines) is 2. The molecule has 0 radical (unpaired) electrons. The smallest absolute Gasteiger partial charge is 0.257 e. The predicted octanol–water partition coefficient (Wildman–Crippen LogP) is 2.07. The van der Waals surface area contributed by atoms with Gasteiger partial charge >= 0.3 is 0 Å². The molecule has 1 aromatic carbocycles. The normalized spacial score (nSPS) is 26.8. The van der Waals surface area contributed by atoms with Crippen molar-refractivity contribution in [3.8, 4) is 0 Å². The Kier molecular flexibility index (Phi) is 3.39. The van der Waals surface area contributed by atoms with E-state index in [1.165, 1.54) is 18.9 Å². The third-order valence-corrected chi connectivity index (χ3v) is 5.42. The highest BCUT2D eigenvalue weighted by Gasteiger charge is 2.48. The lowest BCUT2D eigenvalue weighted by Gasteiger charge is -2.22. The van der Waals surface area contributed by atoms with Crippen molar-refractivity contribution in [1.29, 1.82) is 0 Å². The average Bonchev–Trinajstić information content (AvgIpc) is 3.15. The van der Waals surface area contributed by atoms with Crippen LogP contribution in [0.1, 0.15) is 28.8 Å². The van der Waals surface area contributed by atoms with Crippen LogP contribution >= 0.6 is 0 Å². The van der Waals surface area contributed by atoms with Crippen molar-refractivity contribution in [2.45, 2.75) is 19.8 Å². The Bertz CT molecular complexity index is 651. The van der Waals surface area contributed by atoms with Crippen LogP contribution in [0.25, 0.3) is 0 Å². The zero-order valence-electron chi connectivity index (χ0n) is 13.3. The molecule has 0 unspecified atom stereocenters. The number of rotatable bonds is 3. The fourth-order valence-electron chi connectivity index (χ4n) is 3.95. The van der Waals surface area contributed by atoms with Gasteiger partial charge in [-0.05, 0) is 37.3 Å². The molecule has 4 rings (SSSR count). The molecule has 0 N–H and O–H groups in total. The molecule has 1 aromatic rings. The monoisotopic (exact) mass is 316 g/mol. The number of fused-ring (bicyclic) bond motifs is 1. The summed E-state index contributed by atoms with van der Waals surface area (Å²) in [5, 5.41) is 0. The molecule has 2 saturated heterocycles. The van der Waals surface area contributed by atoms with Crippen molar-refractivity contribution in [2.24, 2.45) is 17.8 Å². The maximum atomic E-state index is 14.0. The van der Waals surface area contributed by atoms with Crippen LogP contribution in [0.5, 0.6) is 0 Å². The number of carbonyl (C=O) groups is 2. The van der Waals surface area contributed by atoms with E-state index in [1.807, 2.05) is 4.90 Å². The number of nitrogens with zero attached hydrogens (tertiary/aromatic N) is 2. The minimum Gasteiger partial charge on any atom is -0.342 e. The Labute approximate surface area is 135 Å². The minimum absolute atomic E-state index is 0.0928. The molecule has 23 heavy (non-hydrogen) atoms. The summed E-state index contributed by atoms with van der Waals surface area (Å²) in [4.78, 5) is 28.8. The van der Waals surface area contributed by atoms with Crippen molar-refractivity contribution in [3.05, 3.63) is 35.1 Å². The number of hydrogen-bond donors (Lipinski definition) is 0. The van der Waals surface area contributed by atoms with Crippen molar-refractivity contribution in [2.75, 3.05) is 26.2 Å². The van der Waals surface area contributed by atoms with Gasteiger partial charge in [-0.15, -0.1) is 0 Å². The van der Waals surface area contributed by atoms with Gasteiger partial charge in [0.2, 0.25) is 5.91 Å². The highest BCUT2D eigenvalue weighted by molar-refractivity contribution is 5.97. The number of halogens is 1. The van der Waals surface area contributed by atoms with Gasteiger partial charge in [0, 0.05) is 32.1 Å². The average molecular weight is 316 g/mol. The summed E-state index contributed by atoms with van der Waals surface area (Å²) in [6.45, 7) is 4.36. The quantitative estimate of drug-likeness (QED) is 0.856. The van der Waals surface area contributed by atoms with Crippen LogP contribution in [0.4, 0.5) is 4.39 Å². The van der Waals surface area contributed by atoms with Crippen LogP contribution in [0, 0.1) is 30.5 Å². The lowest BCUT2D eigenvalue weighted by Crippen LogP contribution is -2.37. The van der Waals surface area contributed by atoms with Crippen molar-refractivity contribution < 1.29 is 14.0 Å². The fourth-order valence-corrected chi connectivity index (χ4v) is 3.95. The van der Waals surface area contributed by atoms with E-state index in [0.717, 1.165) is 13.1 Å². The van der Waals surface area contributed by atoms with Gasteiger partial charge in [-0.1, -0.05) is 12.1 Å². The Morgan fingerprint density at radius 3 is 2.70 bits per heavy atom. The molecule has 4 nitrogen and oxygen atoms in total. The van der Waals surface area contributed by atoms with Crippen LogP contribution in [0.3, 0.4) is 0 Å². The first kappa shape index (κ1) is 14.7. The summed E-state index contributed by atoms with van der Waals surface area (Å²) in [5.41, 5.74) is 0.795. The zero-order valence-corrected chi connectivity index (χ0v) is 13.3. The maximum absolute atomic E-state index is 14.0. The van der Waals surface area contributed by atoms with Crippen molar-refractivity contribution in [1.82, 2.24) is 9.80 Å². The Hall–Kier alpha value is -1.91. The number of hydrogen-bond acceptors (Lipinski definition) is 2. The topological polar surface area (TPSA) is 40.6 Å². The Morgan fingerprint density at radius 1 is 1.26 bits per heavy atom. The lowest BCUT2D eigenvalue weighted by molar-refractivity contribution is -0.131. The number of amides is 2. The molecular weight excluding hydrogens is 295 g/mol. The summed E-state index contributed by atoms with van der Waals surface area (Å²) in [6.07, 6.45) is 2.46. The minimum atomic E-state index is -0.478. The summed E-state index contributed by atoms with van der Waals surface area (Å²) >= 11 is 0. The number of aryl methyl sites for hydroxylation is 1. The second kappa shape index (κ2) is 5.32. The van der Waals surface area contributed by atoms with E-state index in [-0.39, 0.29) is 29.2 Å². The lowest BCUT2D eigenvalue weighted by atomic mass is 10.0. The van der Waals surface area contributed by atoms with E-state index < -0.39 is 5.82 Å². The molecule has 1 saturated carbocycles. The van der Waals surface area contributed by atoms with Gasteiger partial charge in [0.25, 0.3) is 5.91 Å². The highest BCUT2D eigenvalue weighted by atomic mass is 19.1.